The Balaban J connectivity index is 1.66. The molecule has 3 N–H and O–H groups in total. The van der Waals surface area contributed by atoms with Crippen molar-refractivity contribution in [1.82, 2.24) is 20.4 Å². The number of rotatable bonds is 5. The van der Waals surface area contributed by atoms with Gasteiger partial charge >= 0.3 is 0 Å². The van der Waals surface area contributed by atoms with Crippen LogP contribution in [0.25, 0.3) is 5.69 Å². The second kappa shape index (κ2) is 5.75. The van der Waals surface area contributed by atoms with E-state index in [9.17, 15) is 5.11 Å². The molecule has 1 fully saturated rings. The summed E-state index contributed by atoms with van der Waals surface area (Å²) in [5.74, 6) is 0. The van der Waals surface area contributed by atoms with E-state index in [1.807, 2.05) is 29.1 Å². The molecule has 106 valence electrons. The molecular formula is C15H20N4O. The minimum Gasteiger partial charge on any atom is -0.387 e. The number of aliphatic hydroxyl groups is 1. The minimum atomic E-state index is -0.610. The first-order valence-corrected chi connectivity index (χ1v) is 6.99. The molecule has 1 saturated heterocycles. The number of para-hydroxylation sites is 1. The van der Waals surface area contributed by atoms with E-state index in [1.165, 1.54) is 5.56 Å². The quantitative estimate of drug-likeness (QED) is 0.749. The maximum Gasteiger partial charge on any atom is 0.0907 e. The van der Waals surface area contributed by atoms with Gasteiger partial charge in [-0.3, -0.25) is 0 Å². The van der Waals surface area contributed by atoms with Gasteiger partial charge in [-0.1, -0.05) is 18.2 Å². The van der Waals surface area contributed by atoms with Crippen molar-refractivity contribution in [1.29, 1.82) is 0 Å². The fourth-order valence-electron chi connectivity index (χ4n) is 2.61. The molecule has 0 bridgehead atoms. The van der Waals surface area contributed by atoms with Gasteiger partial charge < -0.3 is 15.7 Å². The van der Waals surface area contributed by atoms with Crippen molar-refractivity contribution in [2.24, 2.45) is 0 Å². The first-order valence-electron chi connectivity index (χ1n) is 6.99. The third kappa shape index (κ3) is 2.90. The molecule has 5 heteroatoms. The Kier molecular flexibility index (Phi) is 3.82. The van der Waals surface area contributed by atoms with Crippen molar-refractivity contribution in [2.45, 2.75) is 18.6 Å². The van der Waals surface area contributed by atoms with Gasteiger partial charge in [0.25, 0.3) is 0 Å². The number of hydrogen-bond donors (Lipinski definition) is 3. The Morgan fingerprint density at radius 3 is 3.00 bits per heavy atom. The Labute approximate surface area is 118 Å². The zero-order chi connectivity index (χ0) is 13.8. The zero-order valence-electron chi connectivity index (χ0n) is 11.4. The lowest BCUT2D eigenvalue weighted by Gasteiger charge is -2.22. The fourth-order valence-corrected chi connectivity index (χ4v) is 2.61. The molecule has 0 unspecified atom stereocenters. The highest BCUT2D eigenvalue weighted by molar-refractivity contribution is 5.40. The normalized spacial score (nSPS) is 22.2. The second-order valence-electron chi connectivity index (χ2n) is 5.33. The predicted molar refractivity (Wildman–Crippen MR) is 77.7 cm³/mol. The zero-order valence-corrected chi connectivity index (χ0v) is 11.4. The van der Waals surface area contributed by atoms with E-state index < -0.39 is 5.60 Å². The Bertz CT molecular complexity index is 547. The molecule has 1 aliphatic rings. The highest BCUT2D eigenvalue weighted by atomic mass is 16.3. The molecule has 1 aromatic heterocycles. The van der Waals surface area contributed by atoms with Crippen LogP contribution < -0.4 is 10.6 Å². The molecule has 2 aromatic rings. The Morgan fingerprint density at radius 2 is 2.25 bits per heavy atom. The van der Waals surface area contributed by atoms with Crippen LogP contribution in [0.1, 0.15) is 12.0 Å². The van der Waals surface area contributed by atoms with Crippen LogP contribution >= 0.6 is 0 Å². The third-order valence-electron chi connectivity index (χ3n) is 3.73. The van der Waals surface area contributed by atoms with E-state index in [-0.39, 0.29) is 0 Å². The Hall–Kier alpha value is -1.69. The molecule has 3 rings (SSSR count). The molecule has 0 spiro atoms. The topological polar surface area (TPSA) is 62.1 Å². The standard InChI is InChI=1S/C15H20N4O/c20-15(6-8-16-11-15)12-17-10-13-4-1-2-5-14(13)19-9-3-7-18-19/h1-5,7,9,16-17,20H,6,8,10-12H2/t15-/m1/s1. The van der Waals surface area contributed by atoms with Crippen LogP contribution in [-0.2, 0) is 6.54 Å². The summed E-state index contributed by atoms with van der Waals surface area (Å²) in [5, 5.41) is 21.1. The number of aromatic nitrogens is 2. The third-order valence-corrected chi connectivity index (χ3v) is 3.73. The summed E-state index contributed by atoms with van der Waals surface area (Å²) >= 11 is 0. The van der Waals surface area contributed by atoms with Crippen molar-refractivity contribution < 1.29 is 5.11 Å². The molecule has 0 aliphatic carbocycles. The molecule has 1 aromatic carbocycles. The van der Waals surface area contributed by atoms with Crippen molar-refractivity contribution in [2.75, 3.05) is 19.6 Å². The van der Waals surface area contributed by atoms with Crippen molar-refractivity contribution in [3.63, 3.8) is 0 Å². The molecule has 1 aliphatic heterocycles. The van der Waals surface area contributed by atoms with Crippen molar-refractivity contribution in [3.8, 4) is 5.69 Å². The summed E-state index contributed by atoms with van der Waals surface area (Å²) in [6.45, 7) is 2.88. The molecule has 20 heavy (non-hydrogen) atoms. The molecule has 0 radical (unpaired) electrons. The maximum absolute atomic E-state index is 10.3. The van der Waals surface area contributed by atoms with Gasteiger partial charge in [-0.2, -0.15) is 5.10 Å². The number of hydrogen-bond acceptors (Lipinski definition) is 4. The first-order chi connectivity index (χ1) is 9.77. The van der Waals surface area contributed by atoms with Crippen LogP contribution in [0.15, 0.2) is 42.7 Å². The van der Waals surface area contributed by atoms with Crippen LogP contribution in [0.2, 0.25) is 0 Å². The lowest BCUT2D eigenvalue weighted by Crippen LogP contribution is -2.42. The monoisotopic (exact) mass is 272 g/mol. The first kappa shape index (κ1) is 13.3. The molecule has 1 atom stereocenters. The van der Waals surface area contributed by atoms with Crippen LogP contribution in [0, 0.1) is 0 Å². The molecule has 2 heterocycles. The van der Waals surface area contributed by atoms with E-state index in [4.69, 9.17) is 0 Å². The van der Waals surface area contributed by atoms with Crippen LogP contribution in [0.5, 0.6) is 0 Å². The van der Waals surface area contributed by atoms with E-state index >= 15 is 0 Å². The summed E-state index contributed by atoms with van der Waals surface area (Å²) < 4.78 is 1.86. The summed E-state index contributed by atoms with van der Waals surface area (Å²) in [6, 6.07) is 10.1. The average Bonchev–Trinajstić information content (AvgIpc) is 3.11. The summed E-state index contributed by atoms with van der Waals surface area (Å²) in [5.41, 5.74) is 1.63. The number of benzene rings is 1. The maximum atomic E-state index is 10.3. The lowest BCUT2D eigenvalue weighted by atomic mass is 10.0. The summed E-state index contributed by atoms with van der Waals surface area (Å²) in [4.78, 5) is 0. The Morgan fingerprint density at radius 1 is 1.35 bits per heavy atom. The largest absolute Gasteiger partial charge is 0.387 e. The lowest BCUT2D eigenvalue weighted by molar-refractivity contribution is 0.0609. The number of nitrogens with one attached hydrogen (secondary N) is 2. The van der Waals surface area contributed by atoms with E-state index in [2.05, 4.69) is 27.9 Å². The van der Waals surface area contributed by atoms with Gasteiger partial charge in [-0.15, -0.1) is 0 Å². The highest BCUT2D eigenvalue weighted by Crippen LogP contribution is 2.15. The fraction of sp³-hybridized carbons (Fsp3) is 0.400. The van der Waals surface area contributed by atoms with Crippen LogP contribution in [0.3, 0.4) is 0 Å². The molecule has 0 amide bonds. The molecular weight excluding hydrogens is 252 g/mol. The smallest absolute Gasteiger partial charge is 0.0907 e. The predicted octanol–water partition coefficient (Wildman–Crippen LogP) is 0.686. The van der Waals surface area contributed by atoms with Gasteiger partial charge in [0.1, 0.15) is 0 Å². The average molecular weight is 272 g/mol. The number of β-amino-alcohol motifs (C(OH)–C–C–N with tert-alkyl or cyclic N) is 1. The molecule has 5 nitrogen and oxygen atoms in total. The SMILES string of the molecule is O[C@]1(CNCc2ccccc2-n2cccn2)CCNC1. The summed E-state index contributed by atoms with van der Waals surface area (Å²) in [7, 11) is 0. The molecule has 0 saturated carbocycles. The van der Waals surface area contributed by atoms with E-state index in [1.54, 1.807) is 6.20 Å². The van der Waals surface area contributed by atoms with Gasteiger partial charge in [-0.25, -0.2) is 4.68 Å². The minimum absolute atomic E-state index is 0.605. The van der Waals surface area contributed by atoms with E-state index in [0.717, 1.165) is 25.2 Å². The van der Waals surface area contributed by atoms with Crippen molar-refractivity contribution in [3.05, 3.63) is 48.3 Å². The summed E-state index contributed by atoms with van der Waals surface area (Å²) in [6.07, 6.45) is 4.52. The second-order valence-corrected chi connectivity index (χ2v) is 5.33. The van der Waals surface area contributed by atoms with Crippen molar-refractivity contribution >= 4 is 0 Å². The van der Waals surface area contributed by atoms with Crippen LogP contribution in [0.4, 0.5) is 0 Å². The van der Waals surface area contributed by atoms with Gasteiger partial charge in [0.05, 0.1) is 11.3 Å². The number of nitrogens with zero attached hydrogens (tertiary/aromatic N) is 2. The van der Waals surface area contributed by atoms with Crippen LogP contribution in [-0.4, -0.2) is 40.1 Å². The highest BCUT2D eigenvalue weighted by Gasteiger charge is 2.30. The van der Waals surface area contributed by atoms with E-state index in [0.29, 0.717) is 13.1 Å². The van der Waals surface area contributed by atoms with Gasteiger partial charge in [0, 0.05) is 32.0 Å². The van der Waals surface area contributed by atoms with Gasteiger partial charge in [0.2, 0.25) is 0 Å². The van der Waals surface area contributed by atoms with Gasteiger partial charge in [-0.05, 0) is 30.7 Å². The van der Waals surface area contributed by atoms with Gasteiger partial charge in [0.15, 0.2) is 0 Å².